The number of hydrogen-bond donors (Lipinski definition) is 0. The van der Waals surface area contributed by atoms with Crippen molar-refractivity contribution in [2.24, 2.45) is 7.05 Å². The number of nitrogens with zero attached hydrogens (tertiary/aromatic N) is 3. The van der Waals surface area contributed by atoms with Crippen molar-refractivity contribution in [3.63, 3.8) is 0 Å². The van der Waals surface area contributed by atoms with Crippen molar-refractivity contribution in [3.8, 4) is 11.5 Å². The number of aryl methyl sites for hydroxylation is 1. The van der Waals surface area contributed by atoms with Crippen LogP contribution >= 0.6 is 0 Å². The molecule has 0 N–H and O–H groups in total. The number of carbonyl (C=O) groups excluding carboxylic acids is 1. The SMILES string of the molecule is Cn1nc(CC(=O)N2CCCC2c2ccc3c(c2)OCCO3)c2ccccc2c1=O. The second-order valence-electron chi connectivity index (χ2n) is 7.75. The number of hydrogen-bond acceptors (Lipinski definition) is 5. The second-order valence-corrected chi connectivity index (χ2v) is 7.75. The summed E-state index contributed by atoms with van der Waals surface area (Å²) in [6.07, 6.45) is 2.02. The summed E-state index contributed by atoms with van der Waals surface area (Å²) >= 11 is 0. The van der Waals surface area contributed by atoms with Crippen LogP contribution < -0.4 is 15.0 Å². The second kappa shape index (κ2) is 7.48. The van der Waals surface area contributed by atoms with Crippen molar-refractivity contribution in [2.75, 3.05) is 19.8 Å². The third-order valence-electron chi connectivity index (χ3n) is 5.88. The Bertz CT molecular complexity index is 1190. The molecule has 3 aromatic rings. The Labute approximate surface area is 173 Å². The van der Waals surface area contributed by atoms with Gasteiger partial charge in [0.05, 0.1) is 23.5 Å². The van der Waals surface area contributed by atoms with E-state index in [1.54, 1.807) is 13.1 Å². The standard InChI is InChI=1S/C23H23N3O4/c1-25-23(28)17-6-3-2-5-16(17)18(24-25)14-22(27)26-10-4-7-19(26)15-8-9-20-21(13-15)30-12-11-29-20/h2-3,5-6,8-9,13,19H,4,7,10-12,14H2,1H3. The number of amides is 1. The average molecular weight is 405 g/mol. The number of aromatic nitrogens is 2. The first-order valence-corrected chi connectivity index (χ1v) is 10.3. The normalized spacial score (nSPS) is 18.0. The van der Waals surface area contributed by atoms with E-state index in [4.69, 9.17) is 9.47 Å². The minimum Gasteiger partial charge on any atom is -0.486 e. The van der Waals surface area contributed by atoms with Crippen molar-refractivity contribution >= 4 is 16.7 Å². The number of carbonyl (C=O) groups is 1. The lowest BCUT2D eigenvalue weighted by molar-refractivity contribution is -0.131. The Morgan fingerprint density at radius 3 is 2.70 bits per heavy atom. The lowest BCUT2D eigenvalue weighted by atomic mass is 10.0. The van der Waals surface area contributed by atoms with Crippen LogP contribution in [0.1, 0.15) is 30.1 Å². The lowest BCUT2D eigenvalue weighted by Crippen LogP contribution is -2.33. The summed E-state index contributed by atoms with van der Waals surface area (Å²) in [6, 6.07) is 13.3. The molecule has 0 saturated carbocycles. The molecule has 0 aliphatic carbocycles. The van der Waals surface area contributed by atoms with Crippen LogP contribution in [0.3, 0.4) is 0 Å². The molecule has 1 aromatic heterocycles. The van der Waals surface area contributed by atoms with Crippen molar-refractivity contribution in [2.45, 2.75) is 25.3 Å². The maximum Gasteiger partial charge on any atom is 0.274 e. The summed E-state index contributed by atoms with van der Waals surface area (Å²) in [6.45, 7) is 1.80. The largest absolute Gasteiger partial charge is 0.486 e. The van der Waals surface area contributed by atoms with Crippen LogP contribution in [0.15, 0.2) is 47.3 Å². The molecule has 30 heavy (non-hydrogen) atoms. The lowest BCUT2D eigenvalue weighted by Gasteiger charge is -2.27. The first-order chi connectivity index (χ1) is 14.6. The van der Waals surface area contributed by atoms with E-state index in [1.807, 2.05) is 41.3 Å². The molecule has 0 radical (unpaired) electrons. The third-order valence-corrected chi connectivity index (χ3v) is 5.88. The van der Waals surface area contributed by atoms with E-state index in [2.05, 4.69) is 5.10 Å². The zero-order valence-corrected chi connectivity index (χ0v) is 16.8. The van der Waals surface area contributed by atoms with Gasteiger partial charge in [-0.15, -0.1) is 0 Å². The van der Waals surface area contributed by atoms with Crippen LogP contribution in [-0.4, -0.2) is 40.3 Å². The predicted molar refractivity (Wildman–Crippen MR) is 112 cm³/mol. The van der Waals surface area contributed by atoms with Crippen LogP contribution in [0.4, 0.5) is 0 Å². The fraction of sp³-hybridized carbons (Fsp3) is 0.348. The van der Waals surface area contributed by atoms with E-state index in [0.29, 0.717) is 30.8 Å². The van der Waals surface area contributed by atoms with Crippen LogP contribution in [0.5, 0.6) is 11.5 Å². The molecule has 1 saturated heterocycles. The van der Waals surface area contributed by atoms with E-state index in [-0.39, 0.29) is 23.9 Å². The van der Waals surface area contributed by atoms with E-state index in [0.717, 1.165) is 35.3 Å². The van der Waals surface area contributed by atoms with Gasteiger partial charge in [0.2, 0.25) is 5.91 Å². The minimum absolute atomic E-state index is 0.00659. The van der Waals surface area contributed by atoms with Crippen molar-refractivity contribution in [1.29, 1.82) is 0 Å². The summed E-state index contributed by atoms with van der Waals surface area (Å²) in [7, 11) is 1.62. The van der Waals surface area contributed by atoms with Gasteiger partial charge in [0, 0.05) is 19.0 Å². The van der Waals surface area contributed by atoms with Gasteiger partial charge in [-0.2, -0.15) is 5.10 Å². The number of benzene rings is 2. The average Bonchev–Trinajstić information content (AvgIpc) is 3.27. The first-order valence-electron chi connectivity index (χ1n) is 10.3. The van der Waals surface area contributed by atoms with Crippen molar-refractivity contribution in [3.05, 3.63) is 64.1 Å². The highest BCUT2D eigenvalue weighted by atomic mass is 16.6. The molecule has 1 fully saturated rings. The molecule has 154 valence electrons. The zero-order chi connectivity index (χ0) is 20.7. The molecule has 7 nitrogen and oxygen atoms in total. The summed E-state index contributed by atoms with van der Waals surface area (Å²) in [5.74, 6) is 1.51. The van der Waals surface area contributed by atoms with E-state index >= 15 is 0 Å². The van der Waals surface area contributed by atoms with Crippen molar-refractivity contribution < 1.29 is 14.3 Å². The van der Waals surface area contributed by atoms with Gasteiger partial charge in [0.1, 0.15) is 13.2 Å². The monoisotopic (exact) mass is 405 g/mol. The fourth-order valence-corrected chi connectivity index (χ4v) is 4.43. The van der Waals surface area contributed by atoms with Gasteiger partial charge in [-0.05, 0) is 36.6 Å². The van der Waals surface area contributed by atoms with Gasteiger partial charge in [0.25, 0.3) is 5.56 Å². The Balaban J connectivity index is 1.43. The molecule has 3 heterocycles. The first kappa shape index (κ1) is 18.7. The number of likely N-dealkylation sites (tertiary alicyclic amines) is 1. The smallest absolute Gasteiger partial charge is 0.274 e. The molecule has 0 bridgehead atoms. The molecule has 1 amide bonds. The Hall–Kier alpha value is -3.35. The van der Waals surface area contributed by atoms with Crippen LogP contribution in [0, 0.1) is 0 Å². The number of rotatable bonds is 3. The Kier molecular flexibility index (Phi) is 4.65. The van der Waals surface area contributed by atoms with Gasteiger partial charge in [-0.25, -0.2) is 4.68 Å². The summed E-state index contributed by atoms with van der Waals surface area (Å²) in [5.41, 5.74) is 1.53. The Morgan fingerprint density at radius 2 is 1.87 bits per heavy atom. The quantitative estimate of drug-likeness (QED) is 0.670. The Morgan fingerprint density at radius 1 is 1.10 bits per heavy atom. The number of ether oxygens (including phenoxy) is 2. The van der Waals surface area contributed by atoms with Gasteiger partial charge in [-0.1, -0.05) is 24.3 Å². The highest BCUT2D eigenvalue weighted by Gasteiger charge is 2.31. The maximum atomic E-state index is 13.3. The highest BCUT2D eigenvalue weighted by molar-refractivity contribution is 5.88. The molecular formula is C23H23N3O4. The zero-order valence-electron chi connectivity index (χ0n) is 16.8. The van der Waals surface area contributed by atoms with Crippen molar-refractivity contribution in [1.82, 2.24) is 14.7 Å². The van der Waals surface area contributed by atoms with Gasteiger partial charge in [-0.3, -0.25) is 9.59 Å². The number of fused-ring (bicyclic) bond motifs is 2. The summed E-state index contributed by atoms with van der Waals surface area (Å²) in [4.78, 5) is 27.6. The summed E-state index contributed by atoms with van der Waals surface area (Å²) in [5, 5.41) is 5.71. The molecule has 2 aliphatic heterocycles. The molecule has 1 unspecified atom stereocenters. The topological polar surface area (TPSA) is 73.7 Å². The van der Waals surface area contributed by atoms with Gasteiger partial charge in [0.15, 0.2) is 11.5 Å². The molecule has 0 spiro atoms. The van der Waals surface area contributed by atoms with Crippen LogP contribution in [0.25, 0.3) is 10.8 Å². The van der Waals surface area contributed by atoms with Crippen LogP contribution in [-0.2, 0) is 18.3 Å². The molecular weight excluding hydrogens is 382 g/mol. The molecule has 2 aliphatic rings. The van der Waals surface area contributed by atoms with E-state index in [1.165, 1.54) is 4.68 Å². The predicted octanol–water partition coefficient (Wildman–Crippen LogP) is 2.61. The molecule has 5 rings (SSSR count). The van der Waals surface area contributed by atoms with Gasteiger partial charge < -0.3 is 14.4 Å². The third kappa shape index (κ3) is 3.20. The van der Waals surface area contributed by atoms with Gasteiger partial charge >= 0.3 is 0 Å². The molecule has 1 atom stereocenters. The van der Waals surface area contributed by atoms with E-state index in [9.17, 15) is 9.59 Å². The molecule has 7 heteroatoms. The van der Waals surface area contributed by atoms with Crippen LogP contribution in [0.2, 0.25) is 0 Å². The highest BCUT2D eigenvalue weighted by Crippen LogP contribution is 2.38. The fourth-order valence-electron chi connectivity index (χ4n) is 4.43. The molecule has 2 aromatic carbocycles. The minimum atomic E-state index is -0.155. The maximum absolute atomic E-state index is 13.3. The van der Waals surface area contributed by atoms with E-state index < -0.39 is 0 Å². The summed E-state index contributed by atoms with van der Waals surface area (Å²) < 4.78 is 12.6.